The van der Waals surface area contributed by atoms with Crippen LogP contribution in [0.2, 0.25) is 0 Å². The number of hydrogen-bond acceptors (Lipinski definition) is 8. The minimum Gasteiger partial charge on any atom is -0.507 e. The number of rotatable bonds is 6. The molecule has 2 aromatic rings. The first kappa shape index (κ1) is 26.6. The van der Waals surface area contributed by atoms with Crippen LogP contribution >= 0.6 is 0 Å². The quantitative estimate of drug-likeness (QED) is 0.486. The molecular weight excluding hydrogens is 494 g/mol. The van der Waals surface area contributed by atoms with Gasteiger partial charge in [-0.3, -0.25) is 19.2 Å². The molecule has 0 radical (unpaired) electrons. The molecule has 1 aliphatic heterocycles. The monoisotopic (exact) mass is 521 g/mol. The number of allylic oxidation sites excluding steroid dienone is 2. The highest BCUT2D eigenvalue weighted by Gasteiger charge is 2.58. The number of benzene rings is 2. The number of ketones is 3. The molecule has 0 spiro atoms. The maximum absolute atomic E-state index is 13.5. The number of carboxylic acids is 1. The predicted octanol–water partition coefficient (Wildman–Crippen LogP) is 2.85. The Morgan fingerprint density at radius 3 is 2.37 bits per heavy atom. The van der Waals surface area contributed by atoms with Crippen molar-refractivity contribution < 1.29 is 43.7 Å². The second-order valence-electron chi connectivity index (χ2n) is 9.68. The summed E-state index contributed by atoms with van der Waals surface area (Å²) in [7, 11) is 1.29. The van der Waals surface area contributed by atoms with Crippen molar-refractivity contribution in [2.45, 2.75) is 46.6 Å². The summed E-state index contributed by atoms with van der Waals surface area (Å²) in [6.07, 6.45) is 1.05. The van der Waals surface area contributed by atoms with Crippen LogP contribution in [0.4, 0.5) is 0 Å². The summed E-state index contributed by atoms with van der Waals surface area (Å²) >= 11 is 0. The van der Waals surface area contributed by atoms with E-state index in [4.69, 9.17) is 9.47 Å². The van der Waals surface area contributed by atoms with Gasteiger partial charge in [-0.25, -0.2) is 4.79 Å². The molecule has 3 N–H and O–H groups in total. The van der Waals surface area contributed by atoms with Crippen LogP contribution in [-0.4, -0.2) is 46.5 Å². The number of phenols is 1. The molecule has 198 valence electrons. The first-order valence-electron chi connectivity index (χ1n) is 11.8. The SMILES string of the molecule is COc1cc(O)c2c(c1C(=O)NCc1c(C)c(C)cc(C(=O)O)c1C)OC1=CC(=O)C(C(C)=O)C(=O)[C@]12C. The molecule has 0 bridgehead atoms. The van der Waals surface area contributed by atoms with Crippen LogP contribution < -0.4 is 14.8 Å². The zero-order valence-electron chi connectivity index (χ0n) is 21.8. The average Bonchev–Trinajstić information content (AvgIpc) is 3.14. The van der Waals surface area contributed by atoms with Gasteiger partial charge in [-0.05, 0) is 62.9 Å². The minimum absolute atomic E-state index is 0.0267. The Hall–Kier alpha value is -4.47. The lowest BCUT2D eigenvalue weighted by molar-refractivity contribution is -0.140. The van der Waals surface area contributed by atoms with Crippen LogP contribution in [0.5, 0.6) is 17.2 Å². The van der Waals surface area contributed by atoms with Gasteiger partial charge in [-0.2, -0.15) is 0 Å². The molecule has 4 rings (SSSR count). The van der Waals surface area contributed by atoms with Crippen molar-refractivity contribution in [3.63, 3.8) is 0 Å². The first-order valence-corrected chi connectivity index (χ1v) is 11.8. The number of Topliss-reactive ketones (excluding diaryl/α,β-unsaturated/α-hetero) is 2. The number of phenolic OH excluding ortho intramolecular Hbond substituents is 1. The number of carboxylic acid groups (broad SMARTS) is 1. The molecule has 0 saturated heterocycles. The van der Waals surface area contributed by atoms with Gasteiger partial charge in [0.25, 0.3) is 5.91 Å². The zero-order valence-corrected chi connectivity index (χ0v) is 21.8. The number of aryl methyl sites for hydroxylation is 1. The molecule has 0 fully saturated rings. The van der Waals surface area contributed by atoms with Crippen LogP contribution in [0.25, 0.3) is 0 Å². The number of hydrogen-bond donors (Lipinski definition) is 3. The Kier molecular flexibility index (Phi) is 6.39. The fraction of sp³-hybridized carbons (Fsp3) is 0.321. The van der Waals surface area contributed by atoms with E-state index in [9.17, 15) is 34.2 Å². The molecule has 38 heavy (non-hydrogen) atoms. The van der Waals surface area contributed by atoms with E-state index in [0.29, 0.717) is 11.1 Å². The van der Waals surface area contributed by atoms with Gasteiger partial charge in [0.2, 0.25) is 0 Å². The number of aromatic hydroxyl groups is 1. The second kappa shape index (κ2) is 9.13. The maximum atomic E-state index is 13.5. The van der Waals surface area contributed by atoms with Crippen molar-refractivity contribution in [2.24, 2.45) is 5.92 Å². The van der Waals surface area contributed by atoms with E-state index >= 15 is 0 Å². The van der Waals surface area contributed by atoms with E-state index in [1.807, 2.05) is 6.92 Å². The number of carbonyl (C=O) groups excluding carboxylic acids is 4. The van der Waals surface area contributed by atoms with Crippen LogP contribution in [0.15, 0.2) is 24.0 Å². The Balaban J connectivity index is 1.81. The van der Waals surface area contributed by atoms with Gasteiger partial charge in [-0.15, -0.1) is 0 Å². The minimum atomic E-state index is -1.68. The van der Waals surface area contributed by atoms with Crippen molar-refractivity contribution in [2.75, 3.05) is 7.11 Å². The van der Waals surface area contributed by atoms with Crippen LogP contribution in [0, 0.1) is 26.7 Å². The van der Waals surface area contributed by atoms with E-state index in [1.54, 1.807) is 19.9 Å². The fourth-order valence-electron chi connectivity index (χ4n) is 5.21. The Bertz CT molecular complexity index is 1500. The van der Waals surface area contributed by atoms with Gasteiger partial charge in [-0.1, -0.05) is 0 Å². The van der Waals surface area contributed by atoms with E-state index < -0.39 is 46.3 Å². The Labute approximate surface area is 218 Å². The van der Waals surface area contributed by atoms with E-state index in [1.165, 1.54) is 20.1 Å². The third kappa shape index (κ3) is 3.75. The van der Waals surface area contributed by atoms with Gasteiger partial charge in [0.15, 0.2) is 17.3 Å². The third-order valence-electron chi connectivity index (χ3n) is 7.51. The van der Waals surface area contributed by atoms with Crippen molar-refractivity contribution in [3.05, 3.63) is 62.9 Å². The summed E-state index contributed by atoms with van der Waals surface area (Å²) in [6.45, 7) is 7.79. The fourth-order valence-corrected chi connectivity index (χ4v) is 5.21. The van der Waals surface area contributed by atoms with Gasteiger partial charge in [0, 0.05) is 18.7 Å². The molecule has 0 saturated carbocycles. The molecule has 2 aliphatic rings. The molecular formula is C28H27NO9. The molecule has 0 aromatic heterocycles. The van der Waals surface area contributed by atoms with E-state index in [2.05, 4.69) is 5.32 Å². The summed E-state index contributed by atoms with van der Waals surface area (Å²) in [5.74, 6) is -6.17. The second-order valence-corrected chi connectivity index (χ2v) is 9.68. The Morgan fingerprint density at radius 2 is 1.79 bits per heavy atom. The van der Waals surface area contributed by atoms with Crippen molar-refractivity contribution in [1.82, 2.24) is 5.32 Å². The number of amides is 1. The summed E-state index contributed by atoms with van der Waals surface area (Å²) in [5, 5.41) is 23.2. The number of fused-ring (bicyclic) bond motifs is 3. The first-order chi connectivity index (χ1) is 17.7. The highest BCUT2D eigenvalue weighted by Crippen LogP contribution is 2.56. The molecule has 10 heteroatoms. The molecule has 2 aromatic carbocycles. The van der Waals surface area contributed by atoms with E-state index in [-0.39, 0.29) is 40.5 Å². The lowest BCUT2D eigenvalue weighted by Crippen LogP contribution is -2.47. The number of aromatic carboxylic acids is 1. The number of nitrogens with one attached hydrogen (secondary N) is 1. The third-order valence-corrected chi connectivity index (χ3v) is 7.51. The molecule has 1 aliphatic carbocycles. The number of carbonyl (C=O) groups is 5. The summed E-state index contributed by atoms with van der Waals surface area (Å²) in [4.78, 5) is 63.2. The van der Waals surface area contributed by atoms with Crippen LogP contribution in [0.1, 0.15) is 62.4 Å². The largest absolute Gasteiger partial charge is 0.507 e. The number of ether oxygens (including phenoxy) is 2. The lowest BCUT2D eigenvalue weighted by Gasteiger charge is -2.30. The van der Waals surface area contributed by atoms with Crippen LogP contribution in [0.3, 0.4) is 0 Å². The van der Waals surface area contributed by atoms with Gasteiger partial charge in [0.1, 0.15) is 39.9 Å². The molecule has 10 nitrogen and oxygen atoms in total. The predicted molar refractivity (Wildman–Crippen MR) is 134 cm³/mol. The normalized spacial score (nSPS) is 19.7. The van der Waals surface area contributed by atoms with E-state index in [0.717, 1.165) is 24.1 Å². The Morgan fingerprint density at radius 1 is 1.13 bits per heavy atom. The van der Waals surface area contributed by atoms with Gasteiger partial charge >= 0.3 is 5.97 Å². The highest BCUT2D eigenvalue weighted by atomic mass is 16.5. The standard InChI is InChI=1S/C28H27NO9/c1-11-7-15(27(35)36)13(3)16(12(11)2)10-29-26(34)22-19(37-6)8-18(32)23-24(22)38-20-9-17(31)21(14(4)30)25(33)28(20,23)5/h7-9,21,32H,10H2,1-6H3,(H,29,34)(H,35,36)/t21?,28-/m1/s1. The molecule has 1 amide bonds. The van der Waals surface area contributed by atoms with Crippen LogP contribution in [-0.2, 0) is 26.3 Å². The molecule has 2 atom stereocenters. The summed E-state index contributed by atoms with van der Waals surface area (Å²) in [5.41, 5.74) is 0.960. The van der Waals surface area contributed by atoms with Crippen molar-refractivity contribution in [3.8, 4) is 17.2 Å². The molecule has 1 unspecified atom stereocenters. The van der Waals surface area contributed by atoms with Gasteiger partial charge in [0.05, 0.1) is 18.2 Å². The molecule has 1 heterocycles. The van der Waals surface area contributed by atoms with Crippen molar-refractivity contribution in [1.29, 1.82) is 0 Å². The average molecular weight is 522 g/mol. The highest BCUT2D eigenvalue weighted by molar-refractivity contribution is 6.27. The van der Waals surface area contributed by atoms with Gasteiger partial charge < -0.3 is 25.0 Å². The lowest BCUT2D eigenvalue weighted by atomic mass is 9.67. The number of methoxy groups -OCH3 is 1. The zero-order chi connectivity index (χ0) is 28.3. The summed E-state index contributed by atoms with van der Waals surface area (Å²) in [6, 6.07) is 2.74. The van der Waals surface area contributed by atoms with Crippen molar-refractivity contribution >= 4 is 29.2 Å². The summed E-state index contributed by atoms with van der Waals surface area (Å²) < 4.78 is 11.2. The smallest absolute Gasteiger partial charge is 0.335 e. The maximum Gasteiger partial charge on any atom is 0.335 e. The topological polar surface area (TPSA) is 156 Å².